The van der Waals surface area contributed by atoms with Gasteiger partial charge in [0.1, 0.15) is 6.33 Å². The molecule has 1 unspecified atom stereocenters. The van der Waals surface area contributed by atoms with E-state index in [1.807, 2.05) is 11.6 Å². The third-order valence-corrected chi connectivity index (χ3v) is 3.52. The van der Waals surface area contributed by atoms with Crippen LogP contribution in [0.4, 0.5) is 0 Å². The van der Waals surface area contributed by atoms with Gasteiger partial charge >= 0.3 is 0 Å². The molecule has 110 valence electrons. The van der Waals surface area contributed by atoms with Crippen molar-refractivity contribution in [3.05, 3.63) is 36.2 Å². The average molecular weight is 275 g/mol. The highest BCUT2D eigenvalue weighted by molar-refractivity contribution is 5.16. The lowest BCUT2D eigenvalue weighted by Gasteiger charge is -2.16. The van der Waals surface area contributed by atoms with E-state index in [4.69, 9.17) is 0 Å². The van der Waals surface area contributed by atoms with E-state index in [1.165, 1.54) is 24.8 Å². The zero-order valence-corrected chi connectivity index (χ0v) is 12.7. The van der Waals surface area contributed by atoms with E-state index in [0.29, 0.717) is 6.04 Å². The van der Waals surface area contributed by atoms with E-state index < -0.39 is 0 Å². The summed E-state index contributed by atoms with van der Waals surface area (Å²) in [7, 11) is 1.97. The van der Waals surface area contributed by atoms with Crippen LogP contribution >= 0.6 is 0 Å². The number of hydrogen-bond acceptors (Lipinski definition) is 3. The highest BCUT2D eigenvalue weighted by Gasteiger charge is 2.11. The second-order valence-corrected chi connectivity index (χ2v) is 5.27. The molecule has 0 fully saturated rings. The molecule has 2 aromatic rings. The van der Waals surface area contributed by atoms with Crippen LogP contribution in [0, 0.1) is 0 Å². The predicted octanol–water partition coefficient (Wildman–Crippen LogP) is 2.51. The van der Waals surface area contributed by atoms with E-state index in [9.17, 15) is 0 Å². The number of nitrogens with zero attached hydrogens (tertiary/aromatic N) is 4. The van der Waals surface area contributed by atoms with Crippen LogP contribution < -0.4 is 5.32 Å². The van der Waals surface area contributed by atoms with Crippen LogP contribution in [0.5, 0.6) is 0 Å². The minimum atomic E-state index is 0.459. The van der Waals surface area contributed by atoms with E-state index in [-0.39, 0.29) is 0 Å². The fourth-order valence-electron chi connectivity index (χ4n) is 2.37. The normalized spacial score (nSPS) is 12.8. The molecule has 2 rings (SSSR count). The molecule has 1 N–H and O–H groups in total. The second-order valence-electron chi connectivity index (χ2n) is 5.27. The maximum atomic E-state index is 4.13. The van der Waals surface area contributed by atoms with Crippen LogP contribution in [0.25, 0.3) is 0 Å². The predicted molar refractivity (Wildman–Crippen MR) is 80.5 cm³/mol. The molecule has 5 heteroatoms. The number of nitrogens with one attached hydrogen (secondary N) is 1. The molecule has 2 heterocycles. The van der Waals surface area contributed by atoms with Gasteiger partial charge in [0.2, 0.25) is 0 Å². The van der Waals surface area contributed by atoms with Crippen LogP contribution in [0.3, 0.4) is 0 Å². The first kappa shape index (κ1) is 14.8. The Bertz CT molecular complexity index is 514. The maximum absolute atomic E-state index is 4.13. The van der Waals surface area contributed by atoms with Gasteiger partial charge in [0.25, 0.3) is 0 Å². The molecule has 0 aromatic carbocycles. The number of hydrogen-bond donors (Lipinski definition) is 1. The molecule has 2 aromatic heterocycles. The molecule has 0 bridgehead atoms. The van der Waals surface area contributed by atoms with Crippen molar-refractivity contribution in [2.75, 3.05) is 6.54 Å². The maximum Gasteiger partial charge on any atom is 0.152 e. The van der Waals surface area contributed by atoms with Crippen molar-refractivity contribution in [1.29, 1.82) is 0 Å². The third kappa shape index (κ3) is 3.70. The van der Waals surface area contributed by atoms with Crippen molar-refractivity contribution in [1.82, 2.24) is 24.6 Å². The van der Waals surface area contributed by atoms with Gasteiger partial charge in [-0.2, -0.15) is 0 Å². The molecule has 0 aliphatic rings. The summed E-state index contributed by atoms with van der Waals surface area (Å²) in [6.45, 7) is 6.27. The zero-order chi connectivity index (χ0) is 14.4. The summed E-state index contributed by atoms with van der Waals surface area (Å²) < 4.78 is 4.13. The first-order valence-corrected chi connectivity index (χ1v) is 7.46. The average Bonchev–Trinajstić information content (AvgIpc) is 3.05. The molecule has 0 aliphatic carbocycles. The lowest BCUT2D eigenvalue weighted by Crippen LogP contribution is -2.21. The Balaban J connectivity index is 2.04. The largest absolute Gasteiger partial charge is 0.346 e. The van der Waals surface area contributed by atoms with Gasteiger partial charge in [-0.3, -0.25) is 0 Å². The summed E-state index contributed by atoms with van der Waals surface area (Å²) in [4.78, 5) is 0. The summed E-state index contributed by atoms with van der Waals surface area (Å²) >= 11 is 0. The third-order valence-electron chi connectivity index (χ3n) is 3.52. The minimum absolute atomic E-state index is 0.459. The van der Waals surface area contributed by atoms with E-state index in [1.54, 1.807) is 6.33 Å². The van der Waals surface area contributed by atoms with Gasteiger partial charge < -0.3 is 14.5 Å². The first-order valence-electron chi connectivity index (χ1n) is 7.46. The Labute approximate surface area is 121 Å². The number of aromatic nitrogens is 4. The second kappa shape index (κ2) is 7.24. The van der Waals surface area contributed by atoms with Gasteiger partial charge in [-0.25, -0.2) is 0 Å². The SMILES string of the molecule is CCCNC(CCC)c1ccn(Cc2nncn2C)c1. The monoisotopic (exact) mass is 275 g/mol. The van der Waals surface area contributed by atoms with Gasteiger partial charge in [-0.15, -0.1) is 10.2 Å². The van der Waals surface area contributed by atoms with Crippen LogP contribution in [-0.4, -0.2) is 25.9 Å². The van der Waals surface area contributed by atoms with Gasteiger partial charge in [0.15, 0.2) is 5.82 Å². The van der Waals surface area contributed by atoms with Gasteiger partial charge in [0.05, 0.1) is 6.54 Å². The van der Waals surface area contributed by atoms with Crippen molar-refractivity contribution >= 4 is 0 Å². The molecule has 0 amide bonds. The highest BCUT2D eigenvalue weighted by atomic mass is 15.3. The Kier molecular flexibility index (Phi) is 5.35. The van der Waals surface area contributed by atoms with E-state index >= 15 is 0 Å². The van der Waals surface area contributed by atoms with Crippen molar-refractivity contribution in [3.8, 4) is 0 Å². The van der Waals surface area contributed by atoms with Gasteiger partial charge in [-0.1, -0.05) is 20.3 Å². The summed E-state index contributed by atoms with van der Waals surface area (Å²) in [5.74, 6) is 0.973. The molecule has 20 heavy (non-hydrogen) atoms. The first-order chi connectivity index (χ1) is 9.74. The molecule has 5 nitrogen and oxygen atoms in total. The van der Waals surface area contributed by atoms with Crippen LogP contribution in [0.1, 0.15) is 50.5 Å². The molecular formula is C15H25N5. The Morgan fingerprint density at radius 3 is 2.80 bits per heavy atom. The van der Waals surface area contributed by atoms with Crippen LogP contribution in [0.15, 0.2) is 24.8 Å². The summed E-state index contributed by atoms with van der Waals surface area (Å²) in [6, 6.07) is 2.67. The summed E-state index contributed by atoms with van der Waals surface area (Å²) in [5, 5.41) is 11.7. The van der Waals surface area contributed by atoms with Crippen molar-refractivity contribution in [2.24, 2.45) is 7.05 Å². The van der Waals surface area contributed by atoms with E-state index in [2.05, 4.69) is 52.4 Å². The fourth-order valence-corrected chi connectivity index (χ4v) is 2.37. The van der Waals surface area contributed by atoms with Crippen molar-refractivity contribution in [3.63, 3.8) is 0 Å². The molecule has 0 spiro atoms. The smallest absolute Gasteiger partial charge is 0.152 e. The van der Waals surface area contributed by atoms with Crippen LogP contribution in [0.2, 0.25) is 0 Å². The molecular weight excluding hydrogens is 250 g/mol. The molecule has 0 aliphatic heterocycles. The lowest BCUT2D eigenvalue weighted by atomic mass is 10.1. The van der Waals surface area contributed by atoms with Crippen molar-refractivity contribution < 1.29 is 0 Å². The molecule has 0 radical (unpaired) electrons. The Morgan fingerprint density at radius 1 is 1.30 bits per heavy atom. The van der Waals surface area contributed by atoms with Gasteiger partial charge in [-0.05, 0) is 31.0 Å². The van der Waals surface area contributed by atoms with E-state index in [0.717, 1.165) is 18.9 Å². The standard InChI is InChI=1S/C15H25N5/c1-4-6-14(16-8-5-2)13-7-9-20(10-13)11-15-18-17-12-19(15)3/h7,9-10,12,14,16H,4-6,8,11H2,1-3H3. The topological polar surface area (TPSA) is 47.7 Å². The molecule has 0 saturated heterocycles. The number of aryl methyl sites for hydroxylation is 1. The lowest BCUT2D eigenvalue weighted by molar-refractivity contribution is 0.493. The minimum Gasteiger partial charge on any atom is -0.346 e. The highest BCUT2D eigenvalue weighted by Crippen LogP contribution is 2.19. The summed E-state index contributed by atoms with van der Waals surface area (Å²) in [5.41, 5.74) is 1.36. The van der Waals surface area contributed by atoms with Crippen molar-refractivity contribution in [2.45, 2.75) is 45.7 Å². The van der Waals surface area contributed by atoms with Gasteiger partial charge in [0, 0.05) is 25.5 Å². The zero-order valence-electron chi connectivity index (χ0n) is 12.7. The molecule has 0 saturated carbocycles. The summed E-state index contributed by atoms with van der Waals surface area (Å²) in [6.07, 6.45) is 9.62. The molecule has 1 atom stereocenters. The Hall–Kier alpha value is -1.62. The van der Waals surface area contributed by atoms with Crippen LogP contribution in [-0.2, 0) is 13.6 Å². The number of rotatable bonds is 8. The fraction of sp³-hybridized carbons (Fsp3) is 0.600. The quantitative estimate of drug-likeness (QED) is 0.805. The Morgan fingerprint density at radius 2 is 2.15 bits per heavy atom.